The van der Waals surface area contributed by atoms with E-state index in [4.69, 9.17) is 5.26 Å². The van der Waals surface area contributed by atoms with Crippen LogP contribution in [0.25, 0.3) is 6.08 Å². The van der Waals surface area contributed by atoms with Crippen LogP contribution in [0.4, 0.5) is 0 Å². The van der Waals surface area contributed by atoms with E-state index in [2.05, 4.69) is 0 Å². The quantitative estimate of drug-likeness (QED) is 0.880. The zero-order valence-electron chi connectivity index (χ0n) is 10.8. The molecule has 3 nitrogen and oxygen atoms in total. The number of rotatable bonds is 2. The molecule has 3 heteroatoms. The second kappa shape index (κ2) is 5.11. The first-order valence-electron chi connectivity index (χ1n) is 6.17. The molecule has 0 saturated carbocycles. The lowest BCUT2D eigenvalue weighted by atomic mass is 9.77. The summed E-state index contributed by atoms with van der Waals surface area (Å²) in [6.07, 6.45) is 6.82. The number of Topliss-reactive ketones (excluding diaryl/α,β-unsaturated/α-hetero) is 1. The second-order valence-corrected chi connectivity index (χ2v) is 5.02. The van der Waals surface area contributed by atoms with E-state index in [0.717, 1.165) is 5.56 Å². The van der Waals surface area contributed by atoms with Crippen molar-refractivity contribution < 1.29 is 9.90 Å². The van der Waals surface area contributed by atoms with Crippen molar-refractivity contribution in [2.75, 3.05) is 0 Å². The van der Waals surface area contributed by atoms with Gasteiger partial charge in [-0.3, -0.25) is 4.79 Å². The normalized spacial score (nSPS) is 23.2. The molecule has 1 atom stereocenters. The summed E-state index contributed by atoms with van der Waals surface area (Å²) >= 11 is 0. The van der Waals surface area contributed by atoms with Gasteiger partial charge in [-0.1, -0.05) is 37.3 Å². The molecule has 0 saturated heterocycles. The van der Waals surface area contributed by atoms with Gasteiger partial charge in [-0.05, 0) is 24.1 Å². The number of aromatic hydroxyl groups is 1. The molecule has 1 unspecified atom stereocenters. The predicted molar refractivity (Wildman–Crippen MR) is 73.2 cm³/mol. The predicted octanol–water partition coefficient (Wildman–Crippen LogP) is 3.22. The molecule has 1 aliphatic carbocycles. The lowest BCUT2D eigenvalue weighted by Crippen LogP contribution is -2.20. The van der Waals surface area contributed by atoms with Crippen LogP contribution in [-0.4, -0.2) is 10.9 Å². The average molecular weight is 253 g/mol. The molecule has 0 radical (unpaired) electrons. The number of hydrogen-bond acceptors (Lipinski definition) is 3. The minimum atomic E-state index is -0.267. The number of carbonyl (C=O) groups is 1. The highest BCUT2D eigenvalue weighted by Crippen LogP contribution is 2.34. The summed E-state index contributed by atoms with van der Waals surface area (Å²) in [4.78, 5) is 11.5. The van der Waals surface area contributed by atoms with Gasteiger partial charge in [0.15, 0.2) is 5.78 Å². The largest absolute Gasteiger partial charge is 0.508 e. The molecule has 1 aliphatic rings. The number of allylic oxidation sites excluding steroid dienone is 3. The van der Waals surface area contributed by atoms with E-state index < -0.39 is 0 Å². The van der Waals surface area contributed by atoms with Crippen LogP contribution in [0.3, 0.4) is 0 Å². The van der Waals surface area contributed by atoms with E-state index in [0.29, 0.717) is 12.8 Å². The molecule has 0 fully saturated rings. The highest BCUT2D eigenvalue weighted by atomic mass is 16.3. The molecule has 2 rings (SSSR count). The van der Waals surface area contributed by atoms with Crippen molar-refractivity contribution in [1.82, 2.24) is 0 Å². The number of nitrogens with zero attached hydrogens (tertiary/aromatic N) is 1. The Morgan fingerprint density at radius 1 is 1.37 bits per heavy atom. The number of carbonyl (C=O) groups excluding carboxylic acids is 1. The third kappa shape index (κ3) is 3.11. The van der Waals surface area contributed by atoms with Crippen LogP contribution in [0, 0.1) is 16.7 Å². The molecule has 1 aromatic carbocycles. The first-order chi connectivity index (χ1) is 9.02. The minimum absolute atomic E-state index is 0.0713. The Morgan fingerprint density at radius 3 is 2.68 bits per heavy atom. The van der Waals surface area contributed by atoms with Crippen LogP contribution in [0.1, 0.15) is 25.3 Å². The molecule has 0 amide bonds. The van der Waals surface area contributed by atoms with Crippen LogP contribution in [0.2, 0.25) is 0 Å². The van der Waals surface area contributed by atoms with Gasteiger partial charge in [0.2, 0.25) is 0 Å². The van der Waals surface area contributed by atoms with E-state index in [1.165, 1.54) is 0 Å². The van der Waals surface area contributed by atoms with Crippen molar-refractivity contribution >= 4 is 11.9 Å². The fraction of sp³-hybridized carbons (Fsp3) is 0.250. The minimum Gasteiger partial charge on any atom is -0.508 e. The highest BCUT2D eigenvalue weighted by Gasteiger charge is 2.27. The maximum Gasteiger partial charge on any atom is 0.173 e. The number of benzene rings is 1. The Balaban J connectivity index is 2.22. The molecule has 0 aliphatic heterocycles. The summed E-state index contributed by atoms with van der Waals surface area (Å²) in [6.45, 7) is 2.01. The summed E-state index contributed by atoms with van der Waals surface area (Å²) in [5.74, 6) is 0.163. The maximum atomic E-state index is 11.5. The van der Waals surface area contributed by atoms with Gasteiger partial charge in [0.25, 0.3) is 0 Å². The van der Waals surface area contributed by atoms with Gasteiger partial charge in [-0.2, -0.15) is 5.26 Å². The van der Waals surface area contributed by atoms with Gasteiger partial charge in [-0.15, -0.1) is 0 Å². The van der Waals surface area contributed by atoms with Gasteiger partial charge in [0, 0.05) is 11.8 Å². The van der Waals surface area contributed by atoms with Crippen LogP contribution in [0.5, 0.6) is 5.75 Å². The van der Waals surface area contributed by atoms with Crippen LogP contribution >= 0.6 is 0 Å². The van der Waals surface area contributed by atoms with Crippen molar-refractivity contribution in [2.24, 2.45) is 5.41 Å². The summed E-state index contributed by atoms with van der Waals surface area (Å²) in [6, 6.07) is 8.85. The molecule has 1 N–H and O–H groups in total. The zero-order chi connectivity index (χ0) is 13.9. The standard InChI is InChI=1S/C16H15NO2/c1-16(9-7-15(19)13(10-16)11-17)8-6-12-2-4-14(18)5-3-12/h2-6,8,10,18H,7,9H2,1H3/b8-6+. The Labute approximate surface area is 112 Å². The van der Waals surface area contributed by atoms with Crippen LogP contribution in [-0.2, 0) is 4.79 Å². The molecule has 1 aromatic rings. The fourth-order valence-corrected chi connectivity index (χ4v) is 2.10. The second-order valence-electron chi connectivity index (χ2n) is 5.02. The van der Waals surface area contributed by atoms with Crippen molar-refractivity contribution in [3.05, 3.63) is 47.6 Å². The van der Waals surface area contributed by atoms with Crippen LogP contribution in [0.15, 0.2) is 42.0 Å². The summed E-state index contributed by atoms with van der Waals surface area (Å²) < 4.78 is 0. The lowest BCUT2D eigenvalue weighted by Gasteiger charge is -2.25. The average Bonchev–Trinajstić information content (AvgIpc) is 2.41. The Bertz CT molecular complexity index is 590. The molecule has 0 aromatic heterocycles. The molecule has 96 valence electrons. The summed E-state index contributed by atoms with van der Waals surface area (Å²) in [5, 5.41) is 18.1. The zero-order valence-corrected chi connectivity index (χ0v) is 10.8. The topological polar surface area (TPSA) is 61.1 Å². The number of ketones is 1. The van der Waals surface area contributed by atoms with E-state index in [9.17, 15) is 9.90 Å². The number of hydrogen-bond donors (Lipinski definition) is 1. The van der Waals surface area contributed by atoms with Gasteiger partial charge in [-0.25, -0.2) is 0 Å². The first-order valence-corrected chi connectivity index (χ1v) is 6.17. The number of phenolic OH excluding ortho intramolecular Hbond substituents is 1. The Kier molecular flexibility index (Phi) is 3.52. The van der Waals surface area contributed by atoms with Gasteiger partial charge >= 0.3 is 0 Å². The first kappa shape index (κ1) is 13.1. The summed E-state index contributed by atoms with van der Waals surface area (Å²) in [5.41, 5.74) is 0.962. The van der Waals surface area contributed by atoms with Gasteiger partial charge in [0.1, 0.15) is 11.8 Å². The van der Waals surface area contributed by atoms with Gasteiger partial charge < -0.3 is 5.11 Å². The van der Waals surface area contributed by atoms with Gasteiger partial charge in [0.05, 0.1) is 5.57 Å². The van der Waals surface area contributed by atoms with Crippen LogP contribution < -0.4 is 0 Å². The third-order valence-electron chi connectivity index (χ3n) is 3.34. The Morgan fingerprint density at radius 2 is 2.05 bits per heavy atom. The monoisotopic (exact) mass is 253 g/mol. The molecular formula is C16H15NO2. The van der Waals surface area contributed by atoms with Crippen molar-refractivity contribution in [3.63, 3.8) is 0 Å². The van der Waals surface area contributed by atoms with E-state index in [-0.39, 0.29) is 22.5 Å². The van der Waals surface area contributed by atoms with E-state index in [1.54, 1.807) is 18.2 Å². The highest BCUT2D eigenvalue weighted by molar-refractivity contribution is 6.00. The smallest absolute Gasteiger partial charge is 0.173 e. The maximum absolute atomic E-state index is 11.5. The van der Waals surface area contributed by atoms with Crippen molar-refractivity contribution in [2.45, 2.75) is 19.8 Å². The number of nitriles is 1. The SMILES string of the molecule is CC1(/C=C/c2ccc(O)cc2)C=C(C#N)C(=O)CC1. The lowest BCUT2D eigenvalue weighted by molar-refractivity contribution is -0.116. The Hall–Kier alpha value is -2.34. The molecule has 0 bridgehead atoms. The third-order valence-corrected chi connectivity index (χ3v) is 3.34. The fourth-order valence-electron chi connectivity index (χ4n) is 2.10. The number of phenols is 1. The van der Waals surface area contributed by atoms with Crippen molar-refractivity contribution in [3.8, 4) is 11.8 Å². The van der Waals surface area contributed by atoms with E-state index in [1.807, 2.05) is 37.3 Å². The van der Waals surface area contributed by atoms with E-state index >= 15 is 0 Å². The molecular weight excluding hydrogens is 238 g/mol. The summed E-state index contributed by atoms with van der Waals surface area (Å²) in [7, 11) is 0. The van der Waals surface area contributed by atoms with Crippen molar-refractivity contribution in [1.29, 1.82) is 5.26 Å². The molecule has 19 heavy (non-hydrogen) atoms. The molecule has 0 spiro atoms. The molecule has 0 heterocycles.